The van der Waals surface area contributed by atoms with Crippen LogP contribution in [0.3, 0.4) is 0 Å². The Hall–Kier alpha value is -2.83. The SMILES string of the molecule is Cc1cc(C)n2nc(CC(=O)N[C@H](c3ccc(F)cc3)C(C)C)nc2n1. The summed E-state index contributed by atoms with van der Waals surface area (Å²) in [6, 6.07) is 7.89. The zero-order chi connectivity index (χ0) is 18.8. The molecule has 1 aromatic carbocycles. The predicted octanol–water partition coefficient (Wildman–Crippen LogP) is 2.94. The lowest BCUT2D eigenvalue weighted by atomic mass is 9.96. The van der Waals surface area contributed by atoms with Crippen LogP contribution in [-0.2, 0) is 11.2 Å². The normalized spacial score (nSPS) is 12.5. The molecule has 0 aliphatic carbocycles. The summed E-state index contributed by atoms with van der Waals surface area (Å²) in [5, 5.41) is 7.36. The number of halogens is 1. The summed E-state index contributed by atoms with van der Waals surface area (Å²) in [6.45, 7) is 7.83. The van der Waals surface area contributed by atoms with Crippen molar-refractivity contribution in [3.63, 3.8) is 0 Å². The molecule has 136 valence electrons. The van der Waals surface area contributed by atoms with E-state index in [1.807, 2.05) is 33.8 Å². The largest absolute Gasteiger partial charge is 0.349 e. The van der Waals surface area contributed by atoms with Crippen molar-refractivity contribution < 1.29 is 9.18 Å². The highest BCUT2D eigenvalue weighted by Crippen LogP contribution is 2.22. The molecule has 1 N–H and O–H groups in total. The van der Waals surface area contributed by atoms with Crippen LogP contribution in [0.4, 0.5) is 4.39 Å². The molecule has 1 amide bonds. The van der Waals surface area contributed by atoms with Gasteiger partial charge >= 0.3 is 0 Å². The fraction of sp³-hybridized carbons (Fsp3) is 0.368. The molecule has 0 saturated heterocycles. The Morgan fingerprint density at radius 1 is 1.19 bits per heavy atom. The molecule has 0 aliphatic heterocycles. The molecule has 0 bridgehead atoms. The molecule has 7 heteroatoms. The first-order valence-corrected chi connectivity index (χ1v) is 8.58. The topological polar surface area (TPSA) is 72.2 Å². The van der Waals surface area contributed by atoms with Crippen LogP contribution < -0.4 is 5.32 Å². The second-order valence-corrected chi connectivity index (χ2v) is 6.80. The first-order chi connectivity index (χ1) is 12.3. The average molecular weight is 355 g/mol. The molecule has 6 nitrogen and oxygen atoms in total. The van der Waals surface area contributed by atoms with Gasteiger partial charge in [-0.25, -0.2) is 13.9 Å². The third kappa shape index (κ3) is 3.87. The van der Waals surface area contributed by atoms with E-state index in [-0.39, 0.29) is 30.1 Å². The smallest absolute Gasteiger partial charge is 0.252 e. The molecule has 3 aromatic rings. The summed E-state index contributed by atoms with van der Waals surface area (Å²) in [7, 11) is 0. The highest BCUT2D eigenvalue weighted by Gasteiger charge is 2.20. The van der Waals surface area contributed by atoms with Crippen molar-refractivity contribution in [2.24, 2.45) is 5.92 Å². The van der Waals surface area contributed by atoms with Gasteiger partial charge in [0.25, 0.3) is 5.78 Å². The van der Waals surface area contributed by atoms with E-state index >= 15 is 0 Å². The number of nitrogens with one attached hydrogen (secondary N) is 1. The number of amides is 1. The first-order valence-electron chi connectivity index (χ1n) is 8.58. The van der Waals surface area contributed by atoms with Crippen LogP contribution in [0.2, 0.25) is 0 Å². The van der Waals surface area contributed by atoms with Gasteiger partial charge in [0.1, 0.15) is 5.82 Å². The summed E-state index contributed by atoms with van der Waals surface area (Å²) in [6.07, 6.45) is 0.0618. The van der Waals surface area contributed by atoms with E-state index in [1.165, 1.54) is 12.1 Å². The number of benzene rings is 1. The number of aromatic nitrogens is 4. The molecule has 3 rings (SSSR count). The molecular weight excluding hydrogens is 333 g/mol. The molecule has 1 atom stereocenters. The van der Waals surface area contributed by atoms with Crippen molar-refractivity contribution >= 4 is 11.7 Å². The van der Waals surface area contributed by atoms with Crippen LogP contribution in [0.25, 0.3) is 5.78 Å². The Labute approximate surface area is 151 Å². The minimum atomic E-state index is -0.297. The van der Waals surface area contributed by atoms with E-state index in [2.05, 4.69) is 20.4 Å². The monoisotopic (exact) mass is 355 g/mol. The predicted molar refractivity (Wildman–Crippen MR) is 96.1 cm³/mol. The fourth-order valence-corrected chi connectivity index (χ4v) is 2.96. The maximum Gasteiger partial charge on any atom is 0.252 e. The van der Waals surface area contributed by atoms with E-state index in [0.717, 1.165) is 17.0 Å². The second-order valence-electron chi connectivity index (χ2n) is 6.80. The van der Waals surface area contributed by atoms with Gasteiger partial charge in [-0.3, -0.25) is 4.79 Å². The van der Waals surface area contributed by atoms with Crippen LogP contribution >= 0.6 is 0 Å². The lowest BCUT2D eigenvalue weighted by Gasteiger charge is -2.22. The van der Waals surface area contributed by atoms with E-state index in [4.69, 9.17) is 0 Å². The van der Waals surface area contributed by atoms with Crippen molar-refractivity contribution in [3.8, 4) is 0 Å². The summed E-state index contributed by atoms with van der Waals surface area (Å²) in [5.74, 6) is 0.590. The molecule has 2 aromatic heterocycles. The number of fused-ring (bicyclic) bond motifs is 1. The first kappa shape index (κ1) is 18.0. The van der Waals surface area contributed by atoms with Crippen molar-refractivity contribution in [2.45, 2.75) is 40.2 Å². The van der Waals surface area contributed by atoms with Crippen LogP contribution in [0.15, 0.2) is 30.3 Å². The molecule has 0 fully saturated rings. The van der Waals surface area contributed by atoms with Crippen molar-refractivity contribution in [2.75, 3.05) is 0 Å². The molecule has 0 spiro atoms. The van der Waals surface area contributed by atoms with Gasteiger partial charge in [-0.2, -0.15) is 4.98 Å². The Morgan fingerprint density at radius 3 is 2.54 bits per heavy atom. The number of aryl methyl sites for hydroxylation is 2. The number of rotatable bonds is 5. The van der Waals surface area contributed by atoms with Gasteiger partial charge in [0, 0.05) is 11.4 Å². The van der Waals surface area contributed by atoms with Gasteiger partial charge in [-0.15, -0.1) is 5.10 Å². The van der Waals surface area contributed by atoms with E-state index in [0.29, 0.717) is 11.6 Å². The van der Waals surface area contributed by atoms with Gasteiger partial charge in [-0.1, -0.05) is 26.0 Å². The van der Waals surface area contributed by atoms with E-state index < -0.39 is 0 Å². The Bertz CT molecular complexity index is 933. The summed E-state index contributed by atoms with van der Waals surface area (Å²) >= 11 is 0. The molecule has 0 radical (unpaired) electrons. The quantitative estimate of drug-likeness (QED) is 0.764. The molecule has 26 heavy (non-hydrogen) atoms. The highest BCUT2D eigenvalue weighted by molar-refractivity contribution is 5.78. The maximum atomic E-state index is 13.2. The van der Waals surface area contributed by atoms with Crippen molar-refractivity contribution in [1.29, 1.82) is 0 Å². The van der Waals surface area contributed by atoms with Crippen molar-refractivity contribution in [1.82, 2.24) is 24.9 Å². The zero-order valence-electron chi connectivity index (χ0n) is 15.3. The van der Waals surface area contributed by atoms with Crippen LogP contribution in [0.1, 0.15) is 42.7 Å². The summed E-state index contributed by atoms with van der Waals surface area (Å²) < 4.78 is 14.8. The number of hydrogen-bond donors (Lipinski definition) is 1. The molecular formula is C19H22FN5O. The third-order valence-electron chi connectivity index (χ3n) is 4.19. The van der Waals surface area contributed by atoms with Gasteiger partial charge in [0.05, 0.1) is 12.5 Å². The molecule has 0 unspecified atom stereocenters. The fourth-order valence-electron chi connectivity index (χ4n) is 2.96. The number of hydrogen-bond acceptors (Lipinski definition) is 4. The maximum absolute atomic E-state index is 13.2. The summed E-state index contributed by atoms with van der Waals surface area (Å²) in [4.78, 5) is 21.2. The lowest BCUT2D eigenvalue weighted by Crippen LogP contribution is -2.33. The number of nitrogens with zero attached hydrogens (tertiary/aromatic N) is 4. The van der Waals surface area contributed by atoms with Crippen LogP contribution in [0.5, 0.6) is 0 Å². The molecule has 2 heterocycles. The Morgan fingerprint density at radius 2 is 1.88 bits per heavy atom. The zero-order valence-corrected chi connectivity index (χ0v) is 15.3. The Balaban J connectivity index is 1.76. The van der Waals surface area contributed by atoms with Crippen LogP contribution in [-0.4, -0.2) is 25.5 Å². The third-order valence-corrected chi connectivity index (χ3v) is 4.19. The lowest BCUT2D eigenvalue weighted by molar-refractivity contribution is -0.121. The van der Waals surface area contributed by atoms with Crippen molar-refractivity contribution in [3.05, 3.63) is 58.9 Å². The van der Waals surface area contributed by atoms with Gasteiger partial charge in [-0.05, 0) is 43.5 Å². The summed E-state index contributed by atoms with van der Waals surface area (Å²) in [5.41, 5.74) is 2.64. The van der Waals surface area contributed by atoms with Gasteiger partial charge in [0.2, 0.25) is 5.91 Å². The minimum absolute atomic E-state index is 0.0618. The average Bonchev–Trinajstić information content (AvgIpc) is 2.96. The number of carbonyl (C=O) groups is 1. The van der Waals surface area contributed by atoms with Gasteiger partial charge in [0.15, 0.2) is 5.82 Å². The van der Waals surface area contributed by atoms with E-state index in [9.17, 15) is 9.18 Å². The minimum Gasteiger partial charge on any atom is -0.349 e. The molecule has 0 aliphatic rings. The van der Waals surface area contributed by atoms with E-state index in [1.54, 1.807) is 16.6 Å². The number of carbonyl (C=O) groups excluding carboxylic acids is 1. The standard InChI is InChI=1S/C19H22FN5O/c1-11(2)18(14-5-7-15(20)8-6-14)23-17(26)10-16-22-19-21-12(3)9-13(4)25(19)24-16/h5-9,11,18H,10H2,1-4H3,(H,23,26)/t18-/m0/s1. The molecule has 0 saturated carbocycles. The second kappa shape index (κ2) is 7.19. The van der Waals surface area contributed by atoms with Crippen LogP contribution in [0, 0.1) is 25.6 Å². The highest BCUT2D eigenvalue weighted by atomic mass is 19.1. The van der Waals surface area contributed by atoms with Gasteiger partial charge < -0.3 is 5.32 Å². The Kier molecular flexibility index (Phi) is 4.97.